The molecule has 23 heavy (non-hydrogen) atoms. The normalized spacial score (nSPS) is 26.1. The molecule has 1 amide bonds. The molecule has 2 aromatic rings. The third kappa shape index (κ3) is 3.07. The smallest absolute Gasteiger partial charge is 0.226 e. The molecule has 4 nitrogen and oxygen atoms in total. The van der Waals surface area contributed by atoms with E-state index in [1.54, 1.807) is 12.4 Å². The molecule has 0 spiro atoms. The average Bonchev–Trinajstić information content (AvgIpc) is 3.28. The number of rotatable bonds is 4. The van der Waals surface area contributed by atoms with Gasteiger partial charge in [0, 0.05) is 31.3 Å². The Bertz CT molecular complexity index is 674. The number of pyridine rings is 1. The fraction of sp³-hybridized carbons (Fsp3) is 0.368. The maximum atomic E-state index is 12.6. The number of likely N-dealkylation sites (tertiary alicyclic amines) is 1. The molecule has 1 aromatic heterocycles. The van der Waals surface area contributed by atoms with Crippen molar-refractivity contribution in [3.8, 4) is 5.75 Å². The van der Waals surface area contributed by atoms with Gasteiger partial charge in [0.25, 0.3) is 0 Å². The number of carbonyl (C=O) groups is 1. The Labute approximate surface area is 136 Å². The minimum atomic E-state index is 0.0928. The van der Waals surface area contributed by atoms with E-state index >= 15 is 0 Å². The van der Waals surface area contributed by atoms with E-state index in [1.807, 2.05) is 35.2 Å². The first-order chi connectivity index (χ1) is 11.3. The molecule has 2 heterocycles. The molecule has 1 aromatic carbocycles. The molecular weight excluding hydrogens is 288 g/mol. The Morgan fingerprint density at radius 2 is 1.91 bits per heavy atom. The van der Waals surface area contributed by atoms with Crippen molar-refractivity contribution in [2.24, 2.45) is 5.92 Å². The van der Waals surface area contributed by atoms with Crippen LogP contribution in [0.4, 0.5) is 0 Å². The minimum Gasteiger partial charge on any atom is -0.488 e. The molecule has 1 aliphatic carbocycles. The van der Waals surface area contributed by atoms with E-state index in [4.69, 9.17) is 4.74 Å². The van der Waals surface area contributed by atoms with E-state index in [0.717, 1.165) is 25.1 Å². The summed E-state index contributed by atoms with van der Waals surface area (Å²) in [6.07, 6.45) is 5.42. The number of ether oxygens (including phenoxy) is 1. The lowest BCUT2D eigenvalue weighted by Crippen LogP contribution is -2.32. The zero-order valence-electron chi connectivity index (χ0n) is 13.0. The zero-order valence-corrected chi connectivity index (χ0v) is 13.0. The topological polar surface area (TPSA) is 42.4 Å². The highest BCUT2D eigenvalue weighted by Gasteiger charge is 2.46. The summed E-state index contributed by atoms with van der Waals surface area (Å²) in [5.74, 6) is 1.69. The lowest BCUT2D eigenvalue weighted by atomic mass is 10.1. The molecule has 3 atom stereocenters. The molecule has 1 saturated heterocycles. The van der Waals surface area contributed by atoms with Crippen LogP contribution in [-0.4, -0.2) is 35.0 Å². The summed E-state index contributed by atoms with van der Waals surface area (Å²) in [6, 6.07) is 14.1. The number of hydrogen-bond donors (Lipinski definition) is 0. The lowest BCUT2D eigenvalue weighted by molar-refractivity contribution is -0.131. The second kappa shape index (κ2) is 6.03. The van der Waals surface area contributed by atoms with Gasteiger partial charge >= 0.3 is 0 Å². The number of amides is 1. The molecule has 2 fully saturated rings. The van der Waals surface area contributed by atoms with Gasteiger partial charge in [-0.25, -0.2) is 0 Å². The van der Waals surface area contributed by atoms with E-state index in [0.29, 0.717) is 18.4 Å². The van der Waals surface area contributed by atoms with Crippen molar-refractivity contribution in [3.63, 3.8) is 0 Å². The molecule has 4 heteroatoms. The predicted octanol–water partition coefficient (Wildman–Crippen LogP) is 2.87. The summed E-state index contributed by atoms with van der Waals surface area (Å²) in [5.41, 5.74) is 1.29. The SMILES string of the molecule is O=C([C@@H]1C[C@@H]1c1ccccc1)N1CC[C@H](Oc2ccncc2)C1. The van der Waals surface area contributed by atoms with Crippen LogP contribution < -0.4 is 4.74 Å². The summed E-state index contributed by atoms with van der Waals surface area (Å²) in [5, 5.41) is 0. The van der Waals surface area contributed by atoms with E-state index in [1.165, 1.54) is 5.56 Å². The first-order valence-electron chi connectivity index (χ1n) is 8.21. The third-order valence-corrected chi connectivity index (χ3v) is 4.74. The number of nitrogens with zero attached hydrogens (tertiary/aromatic N) is 2. The summed E-state index contributed by atoms with van der Waals surface area (Å²) in [7, 11) is 0. The molecule has 0 N–H and O–H groups in total. The van der Waals surface area contributed by atoms with Crippen LogP contribution >= 0.6 is 0 Å². The monoisotopic (exact) mass is 308 g/mol. The van der Waals surface area contributed by atoms with Crippen molar-refractivity contribution in [1.82, 2.24) is 9.88 Å². The van der Waals surface area contributed by atoms with Crippen molar-refractivity contribution in [2.75, 3.05) is 13.1 Å². The molecule has 1 aliphatic heterocycles. The van der Waals surface area contributed by atoms with Crippen LogP contribution in [0.25, 0.3) is 0 Å². The highest BCUT2D eigenvalue weighted by molar-refractivity contribution is 5.83. The molecular formula is C19H20N2O2. The zero-order chi connectivity index (χ0) is 15.6. The Morgan fingerprint density at radius 3 is 2.70 bits per heavy atom. The van der Waals surface area contributed by atoms with Gasteiger partial charge in [-0.1, -0.05) is 30.3 Å². The Balaban J connectivity index is 1.33. The second-order valence-electron chi connectivity index (χ2n) is 6.36. The molecule has 4 rings (SSSR count). The maximum absolute atomic E-state index is 12.6. The maximum Gasteiger partial charge on any atom is 0.226 e. The van der Waals surface area contributed by atoms with Gasteiger partial charge in [0.05, 0.1) is 6.54 Å². The molecule has 0 unspecified atom stereocenters. The quantitative estimate of drug-likeness (QED) is 0.872. The Kier molecular flexibility index (Phi) is 3.74. The second-order valence-corrected chi connectivity index (χ2v) is 6.36. The Hall–Kier alpha value is -2.36. The first kappa shape index (κ1) is 14.2. The van der Waals surface area contributed by atoms with Crippen LogP contribution in [-0.2, 0) is 4.79 Å². The van der Waals surface area contributed by atoms with Crippen molar-refractivity contribution in [1.29, 1.82) is 0 Å². The van der Waals surface area contributed by atoms with Crippen molar-refractivity contribution in [3.05, 3.63) is 60.4 Å². The highest BCUT2D eigenvalue weighted by Crippen LogP contribution is 2.48. The minimum absolute atomic E-state index is 0.0928. The first-order valence-corrected chi connectivity index (χ1v) is 8.21. The number of carbonyl (C=O) groups excluding carboxylic acids is 1. The van der Waals surface area contributed by atoms with Gasteiger partial charge in [-0.2, -0.15) is 0 Å². The number of benzene rings is 1. The highest BCUT2D eigenvalue weighted by atomic mass is 16.5. The van der Waals surface area contributed by atoms with Gasteiger partial charge in [-0.3, -0.25) is 9.78 Å². The lowest BCUT2D eigenvalue weighted by Gasteiger charge is -2.17. The van der Waals surface area contributed by atoms with Gasteiger partial charge in [-0.05, 0) is 30.0 Å². The van der Waals surface area contributed by atoms with Gasteiger partial charge < -0.3 is 9.64 Å². The summed E-state index contributed by atoms with van der Waals surface area (Å²) >= 11 is 0. The largest absolute Gasteiger partial charge is 0.488 e. The summed E-state index contributed by atoms with van der Waals surface area (Å²) in [4.78, 5) is 18.6. The van der Waals surface area contributed by atoms with Crippen LogP contribution in [0.5, 0.6) is 5.75 Å². The number of hydrogen-bond acceptors (Lipinski definition) is 3. The van der Waals surface area contributed by atoms with Crippen LogP contribution in [0.2, 0.25) is 0 Å². The van der Waals surface area contributed by atoms with Gasteiger partial charge in [0.15, 0.2) is 0 Å². The molecule has 118 valence electrons. The molecule has 0 radical (unpaired) electrons. The third-order valence-electron chi connectivity index (χ3n) is 4.74. The van der Waals surface area contributed by atoms with Crippen LogP contribution in [0.1, 0.15) is 24.3 Å². The van der Waals surface area contributed by atoms with Crippen molar-refractivity contribution >= 4 is 5.91 Å². The number of aromatic nitrogens is 1. The van der Waals surface area contributed by atoms with E-state index in [9.17, 15) is 4.79 Å². The fourth-order valence-electron chi connectivity index (χ4n) is 3.40. The van der Waals surface area contributed by atoms with Crippen LogP contribution in [0.15, 0.2) is 54.9 Å². The predicted molar refractivity (Wildman–Crippen MR) is 87.1 cm³/mol. The fourth-order valence-corrected chi connectivity index (χ4v) is 3.40. The van der Waals surface area contributed by atoms with Gasteiger partial charge in [0.2, 0.25) is 5.91 Å². The molecule has 2 aliphatic rings. The molecule has 1 saturated carbocycles. The van der Waals surface area contributed by atoms with E-state index < -0.39 is 0 Å². The summed E-state index contributed by atoms with van der Waals surface area (Å²) in [6.45, 7) is 1.49. The van der Waals surface area contributed by atoms with Gasteiger partial charge in [-0.15, -0.1) is 0 Å². The van der Waals surface area contributed by atoms with E-state index in [2.05, 4.69) is 17.1 Å². The van der Waals surface area contributed by atoms with Crippen molar-refractivity contribution < 1.29 is 9.53 Å². The summed E-state index contributed by atoms with van der Waals surface area (Å²) < 4.78 is 5.93. The average molecular weight is 308 g/mol. The molecule has 0 bridgehead atoms. The van der Waals surface area contributed by atoms with Crippen LogP contribution in [0.3, 0.4) is 0 Å². The Morgan fingerprint density at radius 1 is 1.13 bits per heavy atom. The van der Waals surface area contributed by atoms with Crippen LogP contribution in [0, 0.1) is 5.92 Å². The standard InChI is InChI=1S/C19H20N2O2/c22-19(18-12-17(18)14-4-2-1-3-5-14)21-11-8-16(13-21)23-15-6-9-20-10-7-15/h1-7,9-10,16-18H,8,11-13H2/t16-,17+,18+/m0/s1. The van der Waals surface area contributed by atoms with Crippen molar-refractivity contribution in [2.45, 2.75) is 24.9 Å². The van der Waals surface area contributed by atoms with Gasteiger partial charge in [0.1, 0.15) is 11.9 Å². The van der Waals surface area contributed by atoms with E-state index in [-0.39, 0.29) is 12.0 Å².